The van der Waals surface area contributed by atoms with Gasteiger partial charge in [0.25, 0.3) is 5.91 Å². The Balaban J connectivity index is 1.70. The van der Waals surface area contributed by atoms with E-state index in [4.69, 9.17) is 30.4 Å². The van der Waals surface area contributed by atoms with Gasteiger partial charge in [0.05, 0.1) is 40.5 Å². The van der Waals surface area contributed by atoms with Crippen LogP contribution < -0.4 is 10.2 Å². The molecule has 1 amide bonds. The number of carbonyl (C=O) groups excluding carboxylic acids is 1. The minimum atomic E-state index is -0.652. The van der Waals surface area contributed by atoms with Gasteiger partial charge in [-0.3, -0.25) is 9.69 Å². The molecule has 0 unspecified atom stereocenters. The van der Waals surface area contributed by atoms with Gasteiger partial charge in [0.1, 0.15) is 0 Å². The number of carbonyl (C=O) groups is 1. The highest BCUT2D eigenvalue weighted by atomic mass is 35.5. The number of benzene rings is 1. The summed E-state index contributed by atoms with van der Waals surface area (Å²) >= 11 is 6.58. The highest BCUT2D eigenvalue weighted by Crippen LogP contribution is 2.40. The molecule has 158 valence electrons. The summed E-state index contributed by atoms with van der Waals surface area (Å²) in [5.74, 6) is 0.109. The number of fused-ring (bicyclic) bond motifs is 1. The number of amides is 1. The van der Waals surface area contributed by atoms with Gasteiger partial charge in [-0.05, 0) is 58.1 Å². The molecule has 0 radical (unpaired) electrons. The van der Waals surface area contributed by atoms with E-state index < -0.39 is 30.5 Å². The van der Waals surface area contributed by atoms with Gasteiger partial charge in [-0.25, -0.2) is 0 Å². The summed E-state index contributed by atoms with van der Waals surface area (Å²) in [5, 5.41) is 10.7. The molecule has 2 saturated heterocycles. The van der Waals surface area contributed by atoms with Crippen molar-refractivity contribution < 1.29 is 28.7 Å². The number of rotatable bonds is 2. The Labute approximate surface area is 176 Å². The van der Waals surface area contributed by atoms with E-state index in [1.165, 1.54) is 4.90 Å². The van der Waals surface area contributed by atoms with E-state index in [2.05, 4.69) is 0 Å². The van der Waals surface area contributed by atoms with Crippen molar-refractivity contribution in [2.24, 2.45) is 0 Å². The molecule has 7 nitrogen and oxygen atoms in total. The standard InChI is InChI=1S/C20H27BClNO6/c1-11-13(21-28-19(2,3)20(4,5)29-21)8-12-17(16(11)22)27-10-23(18(12)25)14-9-26-7-6-15(14)24/h8,14-15,24H,6-7,9-10H2,1-5H3/t14-,15-/m0/s1. The van der Waals surface area contributed by atoms with Gasteiger partial charge < -0.3 is 23.9 Å². The summed E-state index contributed by atoms with van der Waals surface area (Å²) in [6.45, 7) is 10.5. The van der Waals surface area contributed by atoms with Gasteiger partial charge in [-0.15, -0.1) is 0 Å². The van der Waals surface area contributed by atoms with Crippen LogP contribution in [0.25, 0.3) is 0 Å². The summed E-state index contributed by atoms with van der Waals surface area (Å²) in [4.78, 5) is 14.8. The summed E-state index contributed by atoms with van der Waals surface area (Å²) in [7, 11) is -0.644. The number of ether oxygens (including phenoxy) is 2. The average Bonchev–Trinajstić information content (AvgIpc) is 2.86. The first kappa shape index (κ1) is 20.9. The summed E-state index contributed by atoms with van der Waals surface area (Å²) < 4.78 is 23.6. The minimum Gasteiger partial charge on any atom is -0.471 e. The molecule has 29 heavy (non-hydrogen) atoms. The first-order valence-electron chi connectivity index (χ1n) is 9.91. The first-order chi connectivity index (χ1) is 13.5. The fraction of sp³-hybridized carbons (Fsp3) is 0.650. The van der Waals surface area contributed by atoms with Gasteiger partial charge in [-0.1, -0.05) is 11.6 Å². The Kier molecular flexibility index (Phi) is 5.15. The highest BCUT2D eigenvalue weighted by Gasteiger charge is 2.52. The SMILES string of the molecule is Cc1c(B2OC(C)(C)C(C)(C)O2)cc2c(c1Cl)OCN([C@H]1COCC[C@@H]1O)C2=O. The van der Waals surface area contributed by atoms with Crippen LogP contribution in [0.4, 0.5) is 0 Å². The predicted octanol–water partition coefficient (Wildman–Crippen LogP) is 1.89. The molecule has 3 aliphatic heterocycles. The highest BCUT2D eigenvalue weighted by molar-refractivity contribution is 6.63. The number of nitrogens with zero attached hydrogens (tertiary/aromatic N) is 1. The molecule has 4 rings (SSSR count). The van der Waals surface area contributed by atoms with E-state index in [1.807, 2.05) is 34.6 Å². The molecule has 3 heterocycles. The molecule has 9 heteroatoms. The van der Waals surface area contributed by atoms with Crippen LogP contribution in [0.1, 0.15) is 50.0 Å². The molecule has 0 bridgehead atoms. The third kappa shape index (κ3) is 3.35. The monoisotopic (exact) mass is 423 g/mol. The van der Waals surface area contributed by atoms with Crippen LogP contribution in [0.15, 0.2) is 6.07 Å². The van der Waals surface area contributed by atoms with Crippen molar-refractivity contribution in [3.8, 4) is 5.75 Å². The van der Waals surface area contributed by atoms with E-state index in [0.717, 1.165) is 5.56 Å². The lowest BCUT2D eigenvalue weighted by Crippen LogP contribution is -2.55. The lowest BCUT2D eigenvalue weighted by molar-refractivity contribution is -0.0696. The van der Waals surface area contributed by atoms with Gasteiger partial charge in [0.15, 0.2) is 12.5 Å². The Morgan fingerprint density at radius 1 is 1.24 bits per heavy atom. The maximum Gasteiger partial charge on any atom is 0.495 e. The zero-order valence-electron chi connectivity index (χ0n) is 17.5. The molecular weight excluding hydrogens is 396 g/mol. The van der Waals surface area contributed by atoms with E-state index >= 15 is 0 Å². The van der Waals surface area contributed by atoms with Gasteiger partial charge >= 0.3 is 7.12 Å². The fourth-order valence-electron chi connectivity index (χ4n) is 3.86. The van der Waals surface area contributed by atoms with Crippen molar-refractivity contribution >= 4 is 30.1 Å². The molecule has 0 aromatic heterocycles. The van der Waals surface area contributed by atoms with Crippen molar-refractivity contribution in [2.45, 2.75) is 64.4 Å². The third-order valence-electron chi connectivity index (χ3n) is 6.54. The second kappa shape index (κ2) is 7.13. The van der Waals surface area contributed by atoms with Crippen molar-refractivity contribution in [1.82, 2.24) is 4.90 Å². The Bertz CT molecular complexity index is 829. The Morgan fingerprint density at radius 3 is 2.52 bits per heavy atom. The maximum atomic E-state index is 13.3. The number of hydrogen-bond acceptors (Lipinski definition) is 6. The lowest BCUT2D eigenvalue weighted by atomic mass is 9.75. The lowest BCUT2D eigenvalue weighted by Gasteiger charge is -2.39. The van der Waals surface area contributed by atoms with E-state index in [0.29, 0.717) is 34.8 Å². The van der Waals surface area contributed by atoms with E-state index in [1.54, 1.807) is 6.07 Å². The maximum absolute atomic E-state index is 13.3. The molecule has 0 spiro atoms. The minimum absolute atomic E-state index is 0.0198. The quantitative estimate of drug-likeness (QED) is 0.732. The number of hydrogen-bond donors (Lipinski definition) is 1. The number of aliphatic hydroxyl groups excluding tert-OH is 1. The van der Waals surface area contributed by atoms with Gasteiger partial charge in [-0.2, -0.15) is 0 Å². The second-order valence-electron chi connectivity index (χ2n) is 8.92. The zero-order chi connectivity index (χ0) is 21.1. The Morgan fingerprint density at radius 2 is 1.90 bits per heavy atom. The fourth-order valence-corrected chi connectivity index (χ4v) is 4.13. The largest absolute Gasteiger partial charge is 0.495 e. The van der Waals surface area contributed by atoms with E-state index in [-0.39, 0.29) is 19.2 Å². The predicted molar refractivity (Wildman–Crippen MR) is 109 cm³/mol. The molecule has 2 fully saturated rings. The van der Waals surface area contributed by atoms with Crippen molar-refractivity contribution in [2.75, 3.05) is 19.9 Å². The van der Waals surface area contributed by atoms with Crippen LogP contribution in [0.2, 0.25) is 5.02 Å². The topological polar surface area (TPSA) is 77.5 Å². The molecule has 0 saturated carbocycles. The summed E-state index contributed by atoms with van der Waals surface area (Å²) in [6, 6.07) is 1.29. The normalized spacial score (nSPS) is 28.3. The van der Waals surface area contributed by atoms with Crippen molar-refractivity contribution in [3.63, 3.8) is 0 Å². The molecule has 1 aromatic rings. The van der Waals surface area contributed by atoms with Crippen LogP contribution in [-0.4, -0.2) is 66.3 Å². The van der Waals surface area contributed by atoms with Crippen LogP contribution in [0.5, 0.6) is 5.75 Å². The molecule has 1 aromatic carbocycles. The molecular formula is C20H27BClNO6. The first-order valence-corrected chi connectivity index (χ1v) is 10.3. The zero-order valence-corrected chi connectivity index (χ0v) is 18.2. The smallest absolute Gasteiger partial charge is 0.471 e. The third-order valence-corrected chi connectivity index (χ3v) is 7.00. The molecule has 3 aliphatic rings. The van der Waals surface area contributed by atoms with Crippen molar-refractivity contribution in [3.05, 3.63) is 22.2 Å². The summed E-state index contributed by atoms with van der Waals surface area (Å²) in [6.07, 6.45) is -0.170. The summed E-state index contributed by atoms with van der Waals surface area (Å²) in [5.41, 5.74) is 0.776. The van der Waals surface area contributed by atoms with Crippen molar-refractivity contribution in [1.29, 1.82) is 0 Å². The van der Waals surface area contributed by atoms with Gasteiger partial charge in [0.2, 0.25) is 0 Å². The van der Waals surface area contributed by atoms with E-state index in [9.17, 15) is 9.90 Å². The molecule has 2 atom stereocenters. The second-order valence-corrected chi connectivity index (χ2v) is 9.29. The van der Waals surface area contributed by atoms with Crippen LogP contribution in [0, 0.1) is 6.92 Å². The molecule has 1 N–H and O–H groups in total. The van der Waals surface area contributed by atoms with Crippen LogP contribution >= 0.6 is 11.6 Å². The number of aliphatic hydroxyl groups is 1. The molecule has 0 aliphatic carbocycles. The number of halogens is 1. The van der Waals surface area contributed by atoms with Crippen LogP contribution in [-0.2, 0) is 14.0 Å². The van der Waals surface area contributed by atoms with Gasteiger partial charge in [0, 0.05) is 6.61 Å². The average molecular weight is 424 g/mol. The Hall–Kier alpha value is -1.32. The van der Waals surface area contributed by atoms with Crippen LogP contribution in [0.3, 0.4) is 0 Å².